The summed E-state index contributed by atoms with van der Waals surface area (Å²) >= 11 is 0. The summed E-state index contributed by atoms with van der Waals surface area (Å²) in [5.41, 5.74) is 2.95. The van der Waals surface area contributed by atoms with Gasteiger partial charge in [0.1, 0.15) is 0 Å². The molecule has 114 valence electrons. The monoisotopic (exact) mass is 298 g/mol. The maximum absolute atomic E-state index is 12.2. The fourth-order valence-electron chi connectivity index (χ4n) is 2.31. The van der Waals surface area contributed by atoms with Gasteiger partial charge in [-0.3, -0.25) is 0 Å². The first-order valence-electron chi connectivity index (χ1n) is 7.20. The van der Waals surface area contributed by atoms with Crippen LogP contribution in [0.2, 0.25) is 0 Å². The number of urea groups is 1. The topological polar surface area (TPSA) is 75.9 Å². The number of hydrogen-bond donors (Lipinski definition) is 1. The summed E-state index contributed by atoms with van der Waals surface area (Å²) in [7, 11) is 0. The van der Waals surface area contributed by atoms with Gasteiger partial charge in [0.15, 0.2) is 5.82 Å². The lowest BCUT2D eigenvalue weighted by atomic mass is 10.1. The minimum atomic E-state index is -0.0740. The first-order chi connectivity index (χ1) is 10.6. The van der Waals surface area contributed by atoms with Crippen molar-refractivity contribution in [2.24, 2.45) is 0 Å². The van der Waals surface area contributed by atoms with E-state index < -0.39 is 0 Å². The molecule has 3 rings (SSSR count). The second kappa shape index (κ2) is 5.97. The molecule has 1 aliphatic heterocycles. The van der Waals surface area contributed by atoms with Gasteiger partial charge in [0.05, 0.1) is 5.69 Å². The number of hydrogen-bond acceptors (Lipinski definition) is 4. The van der Waals surface area contributed by atoms with Gasteiger partial charge >= 0.3 is 6.03 Å². The lowest BCUT2D eigenvalue weighted by Gasteiger charge is -2.25. The average Bonchev–Trinajstić information content (AvgIpc) is 2.95. The number of tetrazole rings is 1. The number of carbonyl (C=O) groups is 1. The Morgan fingerprint density at radius 2 is 2.00 bits per heavy atom. The molecule has 7 nitrogen and oxygen atoms in total. The molecule has 0 saturated carbocycles. The molecular formula is C15H18N6O. The molecule has 0 bridgehead atoms. The van der Waals surface area contributed by atoms with Crippen LogP contribution in [-0.2, 0) is 0 Å². The van der Waals surface area contributed by atoms with Crippen LogP contribution in [0.15, 0.2) is 35.9 Å². The molecule has 1 aliphatic rings. The molecule has 0 saturated heterocycles. The van der Waals surface area contributed by atoms with Gasteiger partial charge in [0.2, 0.25) is 0 Å². The largest absolute Gasteiger partial charge is 0.322 e. The number of anilines is 1. The smallest absolute Gasteiger partial charge is 0.320 e. The molecule has 0 spiro atoms. The summed E-state index contributed by atoms with van der Waals surface area (Å²) < 4.78 is 1.64. The van der Waals surface area contributed by atoms with E-state index in [2.05, 4.69) is 33.8 Å². The van der Waals surface area contributed by atoms with E-state index in [1.54, 1.807) is 9.58 Å². The molecule has 22 heavy (non-hydrogen) atoms. The molecule has 7 heteroatoms. The molecule has 2 amide bonds. The van der Waals surface area contributed by atoms with Gasteiger partial charge in [-0.25, -0.2) is 4.79 Å². The van der Waals surface area contributed by atoms with Gasteiger partial charge in [-0.05, 0) is 55.0 Å². The molecule has 2 aromatic rings. The van der Waals surface area contributed by atoms with Gasteiger partial charge in [-0.15, -0.1) is 5.10 Å². The predicted molar refractivity (Wildman–Crippen MR) is 82.9 cm³/mol. The Hall–Kier alpha value is -2.70. The Morgan fingerprint density at radius 1 is 1.23 bits per heavy atom. The van der Waals surface area contributed by atoms with Crippen molar-refractivity contribution in [3.05, 3.63) is 41.7 Å². The van der Waals surface area contributed by atoms with E-state index >= 15 is 0 Å². The Kier molecular flexibility index (Phi) is 3.86. The fourth-order valence-corrected chi connectivity index (χ4v) is 2.31. The molecule has 1 aromatic heterocycles. The number of nitrogens with zero attached hydrogens (tertiary/aromatic N) is 5. The number of nitrogens with one attached hydrogen (secondary N) is 1. The van der Waals surface area contributed by atoms with Crippen molar-refractivity contribution in [2.75, 3.05) is 18.4 Å². The summed E-state index contributed by atoms with van der Waals surface area (Å²) in [5, 5.41) is 14.3. The van der Waals surface area contributed by atoms with E-state index in [0.29, 0.717) is 12.4 Å². The van der Waals surface area contributed by atoms with Crippen molar-refractivity contribution in [1.82, 2.24) is 25.1 Å². The third kappa shape index (κ3) is 2.98. The molecule has 0 aliphatic carbocycles. The Labute approximate surface area is 128 Å². The van der Waals surface area contributed by atoms with Gasteiger partial charge in [-0.1, -0.05) is 11.6 Å². The van der Waals surface area contributed by atoms with Crippen LogP contribution in [0.5, 0.6) is 0 Å². The van der Waals surface area contributed by atoms with E-state index in [1.807, 2.05) is 31.2 Å². The summed E-state index contributed by atoms with van der Waals surface area (Å²) in [6.07, 6.45) is 3.03. The summed E-state index contributed by atoms with van der Waals surface area (Å²) in [6.45, 7) is 5.35. The summed E-state index contributed by atoms with van der Waals surface area (Å²) in [4.78, 5) is 14.0. The first kappa shape index (κ1) is 14.2. The minimum absolute atomic E-state index is 0.0740. The zero-order valence-corrected chi connectivity index (χ0v) is 12.7. The number of aryl methyl sites for hydroxylation is 1. The quantitative estimate of drug-likeness (QED) is 0.862. The van der Waals surface area contributed by atoms with E-state index in [4.69, 9.17) is 0 Å². The molecule has 0 unspecified atom stereocenters. The van der Waals surface area contributed by atoms with Crippen molar-refractivity contribution in [3.8, 4) is 5.69 Å². The molecule has 0 atom stereocenters. The highest BCUT2D eigenvalue weighted by Crippen LogP contribution is 2.15. The SMILES string of the molecule is CC1=CCN(C(=O)Nc2ccc(-n3nnnc3C)cc2)CC1. The van der Waals surface area contributed by atoms with Crippen molar-refractivity contribution < 1.29 is 4.79 Å². The lowest BCUT2D eigenvalue weighted by Crippen LogP contribution is -2.37. The van der Waals surface area contributed by atoms with Gasteiger partial charge in [0.25, 0.3) is 0 Å². The molecule has 1 N–H and O–H groups in total. The highest BCUT2D eigenvalue weighted by molar-refractivity contribution is 5.89. The number of aromatic nitrogens is 4. The van der Waals surface area contributed by atoms with Crippen molar-refractivity contribution in [2.45, 2.75) is 20.3 Å². The standard InChI is InChI=1S/C15H18N6O/c1-11-7-9-20(10-8-11)15(22)16-13-3-5-14(6-4-13)21-12(2)17-18-19-21/h3-7H,8-10H2,1-2H3,(H,16,22). The minimum Gasteiger partial charge on any atom is -0.320 e. The van der Waals surface area contributed by atoms with Gasteiger partial charge < -0.3 is 10.2 Å². The fraction of sp³-hybridized carbons (Fsp3) is 0.333. The molecule has 1 aromatic carbocycles. The lowest BCUT2D eigenvalue weighted by molar-refractivity contribution is 0.215. The van der Waals surface area contributed by atoms with Gasteiger partial charge in [0, 0.05) is 18.8 Å². The van der Waals surface area contributed by atoms with Crippen molar-refractivity contribution >= 4 is 11.7 Å². The van der Waals surface area contributed by atoms with Crippen molar-refractivity contribution in [1.29, 1.82) is 0 Å². The van der Waals surface area contributed by atoms with E-state index in [-0.39, 0.29) is 6.03 Å². The normalized spacial score (nSPS) is 14.6. The van der Waals surface area contributed by atoms with Crippen molar-refractivity contribution in [3.63, 3.8) is 0 Å². The van der Waals surface area contributed by atoms with E-state index in [0.717, 1.165) is 24.3 Å². The van der Waals surface area contributed by atoms with Crippen LogP contribution >= 0.6 is 0 Å². The van der Waals surface area contributed by atoms with Crippen LogP contribution < -0.4 is 5.32 Å². The maximum atomic E-state index is 12.2. The molecule has 2 heterocycles. The van der Waals surface area contributed by atoms with E-state index in [9.17, 15) is 4.79 Å². The van der Waals surface area contributed by atoms with Crippen LogP contribution in [0, 0.1) is 6.92 Å². The number of carbonyl (C=O) groups excluding carboxylic acids is 1. The van der Waals surface area contributed by atoms with Crippen LogP contribution in [0.4, 0.5) is 10.5 Å². The number of amides is 2. The predicted octanol–water partition coefficient (Wildman–Crippen LogP) is 2.15. The van der Waals surface area contributed by atoms with E-state index in [1.165, 1.54) is 5.57 Å². The van der Waals surface area contributed by atoms with Crippen LogP contribution in [0.3, 0.4) is 0 Å². The van der Waals surface area contributed by atoms with Crippen LogP contribution in [0.1, 0.15) is 19.2 Å². The second-order valence-corrected chi connectivity index (χ2v) is 5.36. The highest BCUT2D eigenvalue weighted by atomic mass is 16.2. The summed E-state index contributed by atoms with van der Waals surface area (Å²) in [5.74, 6) is 0.715. The Morgan fingerprint density at radius 3 is 2.59 bits per heavy atom. The highest BCUT2D eigenvalue weighted by Gasteiger charge is 2.15. The molecule has 0 radical (unpaired) electrons. The molecule has 0 fully saturated rings. The number of rotatable bonds is 2. The number of benzene rings is 1. The summed E-state index contributed by atoms with van der Waals surface area (Å²) in [6, 6.07) is 7.37. The van der Waals surface area contributed by atoms with Crippen LogP contribution in [-0.4, -0.2) is 44.2 Å². The van der Waals surface area contributed by atoms with Gasteiger partial charge in [-0.2, -0.15) is 4.68 Å². The second-order valence-electron chi connectivity index (χ2n) is 5.36. The average molecular weight is 298 g/mol. The maximum Gasteiger partial charge on any atom is 0.322 e. The first-order valence-corrected chi connectivity index (χ1v) is 7.20. The van der Waals surface area contributed by atoms with Crippen LogP contribution in [0.25, 0.3) is 5.69 Å². The third-order valence-corrected chi connectivity index (χ3v) is 3.71. The molecular weight excluding hydrogens is 280 g/mol. The zero-order chi connectivity index (χ0) is 15.5. The third-order valence-electron chi connectivity index (χ3n) is 3.71. The zero-order valence-electron chi connectivity index (χ0n) is 12.7. The Bertz CT molecular complexity index is 703. The Balaban J connectivity index is 1.66.